The quantitative estimate of drug-likeness (QED) is 0.800. The van der Waals surface area contributed by atoms with E-state index in [-0.39, 0.29) is 0 Å². The maximum absolute atomic E-state index is 5.22. The highest BCUT2D eigenvalue weighted by atomic mass is 32.1. The number of hydrogen-bond acceptors (Lipinski definition) is 4. The molecule has 0 saturated carbocycles. The second kappa shape index (κ2) is 4.03. The zero-order chi connectivity index (χ0) is 11.0. The van der Waals surface area contributed by atoms with Crippen molar-refractivity contribution < 1.29 is 4.42 Å². The average molecular weight is 234 g/mol. The van der Waals surface area contributed by atoms with E-state index in [1.807, 2.05) is 18.3 Å². The first kappa shape index (κ1) is 10.1. The van der Waals surface area contributed by atoms with Crippen LogP contribution in [0.2, 0.25) is 0 Å². The molecule has 0 unspecified atom stereocenters. The Balaban J connectivity index is 1.70. The maximum Gasteiger partial charge on any atom is 0.191 e. The Bertz CT molecular complexity index is 489. The summed E-state index contributed by atoms with van der Waals surface area (Å²) in [7, 11) is 0. The molecule has 0 radical (unpaired) electrons. The monoisotopic (exact) mass is 234 g/mol. The van der Waals surface area contributed by atoms with E-state index in [4.69, 9.17) is 4.42 Å². The molecule has 0 spiro atoms. The third-order valence-corrected chi connectivity index (χ3v) is 3.96. The predicted octanol–water partition coefficient (Wildman–Crippen LogP) is 2.60. The van der Waals surface area contributed by atoms with Crippen molar-refractivity contribution in [1.82, 2.24) is 9.88 Å². The SMILES string of the molecule is Cc1nc(CN2CCc3sccc3C2)co1. The maximum atomic E-state index is 5.22. The lowest BCUT2D eigenvalue weighted by Gasteiger charge is -2.25. The highest BCUT2D eigenvalue weighted by molar-refractivity contribution is 7.10. The van der Waals surface area contributed by atoms with Crippen molar-refractivity contribution in [3.05, 3.63) is 39.7 Å². The summed E-state index contributed by atoms with van der Waals surface area (Å²) in [5, 5.41) is 2.19. The Kier molecular flexibility index (Phi) is 2.53. The van der Waals surface area contributed by atoms with Crippen LogP contribution in [0.15, 0.2) is 22.1 Å². The van der Waals surface area contributed by atoms with E-state index < -0.39 is 0 Å². The summed E-state index contributed by atoms with van der Waals surface area (Å²) in [6, 6.07) is 2.24. The van der Waals surface area contributed by atoms with Crippen LogP contribution in [-0.4, -0.2) is 16.4 Å². The lowest BCUT2D eigenvalue weighted by atomic mass is 10.1. The van der Waals surface area contributed by atoms with Gasteiger partial charge in [-0.25, -0.2) is 4.98 Å². The summed E-state index contributed by atoms with van der Waals surface area (Å²) in [4.78, 5) is 8.31. The van der Waals surface area contributed by atoms with Gasteiger partial charge in [0.25, 0.3) is 0 Å². The van der Waals surface area contributed by atoms with Crippen LogP contribution in [-0.2, 0) is 19.5 Å². The number of oxazole rings is 1. The Labute approximate surface area is 98.7 Å². The molecule has 16 heavy (non-hydrogen) atoms. The van der Waals surface area contributed by atoms with Crippen molar-refractivity contribution >= 4 is 11.3 Å². The molecule has 0 N–H and O–H groups in total. The van der Waals surface area contributed by atoms with Gasteiger partial charge < -0.3 is 4.42 Å². The summed E-state index contributed by atoms with van der Waals surface area (Å²) < 4.78 is 5.22. The highest BCUT2D eigenvalue weighted by Crippen LogP contribution is 2.24. The molecule has 1 aliphatic rings. The van der Waals surface area contributed by atoms with E-state index in [0.29, 0.717) is 0 Å². The first-order chi connectivity index (χ1) is 7.81. The molecule has 0 aromatic carbocycles. The molecule has 0 saturated heterocycles. The van der Waals surface area contributed by atoms with Crippen LogP contribution in [0.1, 0.15) is 22.0 Å². The molecule has 3 rings (SSSR count). The van der Waals surface area contributed by atoms with Crippen molar-refractivity contribution in [2.24, 2.45) is 0 Å². The van der Waals surface area contributed by atoms with Crippen molar-refractivity contribution in [2.75, 3.05) is 6.54 Å². The van der Waals surface area contributed by atoms with Gasteiger partial charge in [0, 0.05) is 31.4 Å². The van der Waals surface area contributed by atoms with Gasteiger partial charge in [0.05, 0.1) is 5.69 Å². The highest BCUT2D eigenvalue weighted by Gasteiger charge is 2.17. The van der Waals surface area contributed by atoms with Gasteiger partial charge in [0.15, 0.2) is 5.89 Å². The molecular formula is C12H14N2OS. The van der Waals surface area contributed by atoms with E-state index in [1.165, 1.54) is 12.0 Å². The Morgan fingerprint density at radius 2 is 2.50 bits per heavy atom. The fourth-order valence-electron chi connectivity index (χ4n) is 2.15. The minimum atomic E-state index is 0.753. The summed E-state index contributed by atoms with van der Waals surface area (Å²) in [5.74, 6) is 0.753. The summed E-state index contributed by atoms with van der Waals surface area (Å²) in [6.45, 7) is 4.95. The fraction of sp³-hybridized carbons (Fsp3) is 0.417. The zero-order valence-electron chi connectivity index (χ0n) is 9.27. The Morgan fingerprint density at radius 3 is 3.31 bits per heavy atom. The Morgan fingerprint density at radius 1 is 1.56 bits per heavy atom. The number of aryl methyl sites for hydroxylation is 1. The molecule has 0 aliphatic carbocycles. The summed E-state index contributed by atoms with van der Waals surface area (Å²) in [6.07, 6.45) is 2.93. The van der Waals surface area contributed by atoms with E-state index in [2.05, 4.69) is 21.3 Å². The van der Waals surface area contributed by atoms with Crippen LogP contribution in [0.5, 0.6) is 0 Å². The first-order valence-electron chi connectivity index (χ1n) is 5.50. The van der Waals surface area contributed by atoms with E-state index in [0.717, 1.165) is 31.2 Å². The topological polar surface area (TPSA) is 29.3 Å². The standard InChI is InChI=1S/C12H14N2OS/c1-9-13-11(8-15-9)7-14-4-2-12-10(6-14)3-5-16-12/h3,5,8H,2,4,6-7H2,1H3. The lowest BCUT2D eigenvalue weighted by molar-refractivity contribution is 0.244. The second-order valence-corrected chi connectivity index (χ2v) is 5.19. The van der Waals surface area contributed by atoms with Crippen LogP contribution >= 0.6 is 11.3 Å². The molecule has 2 aromatic heterocycles. The van der Waals surface area contributed by atoms with Crippen LogP contribution in [0.25, 0.3) is 0 Å². The molecule has 3 heterocycles. The van der Waals surface area contributed by atoms with E-state index >= 15 is 0 Å². The van der Waals surface area contributed by atoms with Gasteiger partial charge in [0.2, 0.25) is 0 Å². The molecule has 4 heteroatoms. The molecule has 0 amide bonds. The molecule has 84 valence electrons. The van der Waals surface area contributed by atoms with Crippen molar-refractivity contribution in [1.29, 1.82) is 0 Å². The van der Waals surface area contributed by atoms with Crippen LogP contribution < -0.4 is 0 Å². The van der Waals surface area contributed by atoms with Crippen LogP contribution in [0.3, 0.4) is 0 Å². The molecular weight excluding hydrogens is 220 g/mol. The number of thiophene rings is 1. The van der Waals surface area contributed by atoms with Gasteiger partial charge in [0.1, 0.15) is 6.26 Å². The van der Waals surface area contributed by atoms with E-state index in [1.54, 1.807) is 11.1 Å². The first-order valence-corrected chi connectivity index (χ1v) is 6.38. The number of rotatable bonds is 2. The molecule has 0 atom stereocenters. The van der Waals surface area contributed by atoms with Crippen molar-refractivity contribution in [2.45, 2.75) is 26.4 Å². The number of fused-ring (bicyclic) bond motifs is 1. The number of hydrogen-bond donors (Lipinski definition) is 0. The molecule has 0 bridgehead atoms. The van der Waals surface area contributed by atoms with Gasteiger partial charge in [-0.05, 0) is 23.4 Å². The molecule has 2 aromatic rings. The molecule has 3 nitrogen and oxygen atoms in total. The summed E-state index contributed by atoms with van der Waals surface area (Å²) >= 11 is 1.88. The average Bonchev–Trinajstić information content (AvgIpc) is 2.87. The van der Waals surface area contributed by atoms with Crippen molar-refractivity contribution in [3.8, 4) is 0 Å². The smallest absolute Gasteiger partial charge is 0.191 e. The third kappa shape index (κ3) is 1.90. The second-order valence-electron chi connectivity index (χ2n) is 4.19. The lowest BCUT2D eigenvalue weighted by Crippen LogP contribution is -2.29. The minimum absolute atomic E-state index is 0.753. The largest absolute Gasteiger partial charge is 0.449 e. The molecule has 1 aliphatic heterocycles. The minimum Gasteiger partial charge on any atom is -0.449 e. The Hall–Kier alpha value is -1.13. The van der Waals surface area contributed by atoms with Gasteiger partial charge in [-0.3, -0.25) is 4.90 Å². The van der Waals surface area contributed by atoms with Gasteiger partial charge in [-0.1, -0.05) is 0 Å². The summed E-state index contributed by atoms with van der Waals surface area (Å²) in [5.41, 5.74) is 2.52. The number of nitrogens with zero attached hydrogens (tertiary/aromatic N) is 2. The normalized spacial score (nSPS) is 16.3. The van der Waals surface area contributed by atoms with Gasteiger partial charge in [-0.2, -0.15) is 0 Å². The van der Waals surface area contributed by atoms with Crippen LogP contribution in [0.4, 0.5) is 0 Å². The molecule has 0 fully saturated rings. The van der Waals surface area contributed by atoms with Crippen molar-refractivity contribution in [3.63, 3.8) is 0 Å². The zero-order valence-corrected chi connectivity index (χ0v) is 10.1. The van der Waals surface area contributed by atoms with E-state index in [9.17, 15) is 0 Å². The van der Waals surface area contributed by atoms with Crippen LogP contribution in [0, 0.1) is 6.92 Å². The van der Waals surface area contributed by atoms with Gasteiger partial charge >= 0.3 is 0 Å². The number of aromatic nitrogens is 1. The third-order valence-electron chi connectivity index (χ3n) is 2.94. The predicted molar refractivity (Wildman–Crippen MR) is 63.4 cm³/mol. The van der Waals surface area contributed by atoms with Gasteiger partial charge in [-0.15, -0.1) is 11.3 Å². The fourth-order valence-corrected chi connectivity index (χ4v) is 3.04.